The Labute approximate surface area is 447 Å². The number of anilines is 12. The first-order chi connectivity index (χ1) is 37.3. The summed E-state index contributed by atoms with van der Waals surface area (Å²) < 4.78 is 0. The van der Waals surface area contributed by atoms with Crippen LogP contribution in [0.3, 0.4) is 0 Å². The highest BCUT2D eigenvalue weighted by molar-refractivity contribution is 6.04. The molecule has 0 spiro atoms. The number of hydrogen-bond donors (Lipinski definition) is 0. The van der Waals surface area contributed by atoms with Gasteiger partial charge in [-0.1, -0.05) is 185 Å². The van der Waals surface area contributed by atoms with Gasteiger partial charge in [0.15, 0.2) is 0 Å². The van der Waals surface area contributed by atoms with Crippen LogP contribution in [0.5, 0.6) is 0 Å². The molecule has 0 unspecified atom stereocenters. The van der Waals surface area contributed by atoms with Crippen LogP contribution in [0.15, 0.2) is 279 Å². The Balaban J connectivity index is 1.15. The predicted molar refractivity (Wildman–Crippen MR) is 320 cm³/mol. The van der Waals surface area contributed by atoms with Gasteiger partial charge in [0.05, 0.1) is 22.7 Å². The molecule has 4 nitrogen and oxygen atoms in total. The van der Waals surface area contributed by atoms with E-state index in [0.717, 1.165) is 68.2 Å². The lowest BCUT2D eigenvalue weighted by molar-refractivity contribution is 0.658. The van der Waals surface area contributed by atoms with Crippen molar-refractivity contribution >= 4 is 68.2 Å². The van der Waals surface area contributed by atoms with E-state index in [4.69, 9.17) is 0 Å². The molecule has 11 aromatic carbocycles. The van der Waals surface area contributed by atoms with E-state index in [-0.39, 0.29) is 5.41 Å². The van der Waals surface area contributed by atoms with Crippen molar-refractivity contribution in [3.63, 3.8) is 0 Å². The maximum atomic E-state index is 2.52. The molecule has 0 N–H and O–H groups in total. The molecule has 0 radical (unpaired) electrons. The van der Waals surface area contributed by atoms with Crippen LogP contribution >= 0.6 is 0 Å². The Hall–Kier alpha value is -9.38. The van der Waals surface area contributed by atoms with Crippen LogP contribution in [-0.4, -0.2) is 0 Å². The van der Waals surface area contributed by atoms with E-state index in [2.05, 4.69) is 326 Å². The number of fused-ring (bicyclic) bond motifs is 6. The summed E-state index contributed by atoms with van der Waals surface area (Å²) in [5.41, 5.74) is 22.5. The summed E-state index contributed by atoms with van der Waals surface area (Å²) in [6, 6.07) is 102. The van der Waals surface area contributed by atoms with Crippen molar-refractivity contribution in [3.05, 3.63) is 301 Å². The first kappa shape index (κ1) is 46.4. The fourth-order valence-electron chi connectivity index (χ4n) is 12.2. The highest BCUT2D eigenvalue weighted by Gasteiger charge is 2.44. The molecular formula is C72H58N4. The van der Waals surface area contributed by atoms with E-state index in [1.54, 1.807) is 0 Å². The van der Waals surface area contributed by atoms with Gasteiger partial charge >= 0.3 is 0 Å². The highest BCUT2D eigenvalue weighted by atomic mass is 15.2. The van der Waals surface area contributed by atoms with E-state index < -0.39 is 5.41 Å². The highest BCUT2D eigenvalue weighted by Crippen LogP contribution is 2.62. The van der Waals surface area contributed by atoms with Gasteiger partial charge < -0.3 is 19.6 Å². The van der Waals surface area contributed by atoms with Crippen molar-refractivity contribution in [2.24, 2.45) is 0 Å². The average Bonchev–Trinajstić information content (AvgIpc) is 4.00. The fourth-order valence-corrected chi connectivity index (χ4v) is 12.2. The smallest absolute Gasteiger partial charge is 0.0708 e. The van der Waals surface area contributed by atoms with Crippen molar-refractivity contribution in [1.29, 1.82) is 0 Å². The molecule has 0 saturated carbocycles. The number of hydrogen-bond acceptors (Lipinski definition) is 4. The lowest BCUT2D eigenvalue weighted by atomic mass is 9.80. The van der Waals surface area contributed by atoms with Crippen LogP contribution in [0.4, 0.5) is 68.2 Å². The minimum atomic E-state index is -0.537. The topological polar surface area (TPSA) is 13.0 Å². The minimum absolute atomic E-state index is 0.183. The first-order valence-corrected chi connectivity index (χ1v) is 26.4. The maximum absolute atomic E-state index is 2.52. The lowest BCUT2D eigenvalue weighted by Crippen LogP contribution is -2.23. The van der Waals surface area contributed by atoms with E-state index in [0.29, 0.717) is 0 Å². The van der Waals surface area contributed by atoms with Crippen LogP contribution in [0.1, 0.15) is 49.9 Å². The second-order valence-corrected chi connectivity index (χ2v) is 21.0. The molecule has 0 heterocycles. The molecule has 366 valence electrons. The van der Waals surface area contributed by atoms with Gasteiger partial charge in [0.2, 0.25) is 0 Å². The number of para-hydroxylation sites is 7. The summed E-state index contributed by atoms with van der Waals surface area (Å²) in [7, 11) is 0. The zero-order valence-electron chi connectivity index (χ0n) is 43.3. The van der Waals surface area contributed by atoms with Crippen molar-refractivity contribution in [2.45, 2.75) is 38.5 Å². The van der Waals surface area contributed by atoms with Crippen molar-refractivity contribution in [2.75, 3.05) is 19.6 Å². The molecule has 0 atom stereocenters. The molecule has 0 amide bonds. The Morgan fingerprint density at radius 1 is 0.224 bits per heavy atom. The van der Waals surface area contributed by atoms with Gasteiger partial charge in [-0.05, 0) is 160 Å². The molecule has 0 aliphatic heterocycles. The number of benzene rings is 11. The zero-order chi connectivity index (χ0) is 51.4. The Kier molecular flexibility index (Phi) is 11.5. The van der Waals surface area contributed by atoms with Crippen LogP contribution in [0.2, 0.25) is 0 Å². The molecule has 0 saturated heterocycles. The predicted octanol–water partition coefficient (Wildman–Crippen LogP) is 20.2. The third-order valence-electron chi connectivity index (χ3n) is 15.7. The molecule has 2 aliphatic carbocycles. The molecule has 2 aliphatic rings. The zero-order valence-corrected chi connectivity index (χ0v) is 43.3. The van der Waals surface area contributed by atoms with E-state index in [1.807, 2.05) is 0 Å². The van der Waals surface area contributed by atoms with Gasteiger partial charge in [-0.15, -0.1) is 0 Å². The standard InChI is InChI=1S/C72H58N4/c1-71(2)62-43-27-26-42-59(62)60-45-44-58(48-63(60)71)76(57-40-24-11-25-41-57)66-47-46-65(73(51-28-12-5-13-29-51)52-30-14-6-15-31-52)69-61-49-67(74(53-32-16-7-17-33-53)54-34-18-8-19-35-54)68(50-64(61)72(3,4)70(66)69)75(55-36-20-9-21-37-55)56-38-22-10-23-39-56/h5-50H,1-4H3. The van der Waals surface area contributed by atoms with Gasteiger partial charge in [0, 0.05) is 61.9 Å². The quantitative estimate of drug-likeness (QED) is 0.121. The first-order valence-electron chi connectivity index (χ1n) is 26.4. The van der Waals surface area contributed by atoms with Gasteiger partial charge in [0.1, 0.15) is 0 Å². The molecule has 0 bridgehead atoms. The molecule has 4 heteroatoms. The summed E-state index contributed by atoms with van der Waals surface area (Å²) in [4.78, 5) is 9.86. The minimum Gasteiger partial charge on any atom is -0.310 e. The number of rotatable bonds is 12. The van der Waals surface area contributed by atoms with Crippen LogP contribution < -0.4 is 19.6 Å². The second-order valence-electron chi connectivity index (χ2n) is 21.0. The van der Waals surface area contributed by atoms with E-state index in [1.165, 1.54) is 44.5 Å². The summed E-state index contributed by atoms with van der Waals surface area (Å²) in [5.74, 6) is 0. The van der Waals surface area contributed by atoms with Gasteiger partial charge in [-0.3, -0.25) is 0 Å². The summed E-state index contributed by atoms with van der Waals surface area (Å²) >= 11 is 0. The van der Waals surface area contributed by atoms with Gasteiger partial charge in [0.25, 0.3) is 0 Å². The van der Waals surface area contributed by atoms with Crippen LogP contribution in [-0.2, 0) is 10.8 Å². The summed E-state index contributed by atoms with van der Waals surface area (Å²) in [6.45, 7) is 9.63. The third-order valence-corrected chi connectivity index (χ3v) is 15.7. The van der Waals surface area contributed by atoms with Gasteiger partial charge in [-0.2, -0.15) is 0 Å². The van der Waals surface area contributed by atoms with E-state index >= 15 is 0 Å². The summed E-state index contributed by atoms with van der Waals surface area (Å²) in [5, 5.41) is 0. The normalized spacial score (nSPS) is 13.2. The molecule has 13 rings (SSSR count). The Morgan fingerprint density at radius 2 is 0.553 bits per heavy atom. The SMILES string of the molecule is CC1(C)c2ccccc2-c2ccc(N(c3ccccc3)c3ccc(N(c4ccccc4)c4ccccc4)c4c3C(C)(C)c3cc(N(c5ccccc5)c5ccccc5)c(N(c5ccccc5)c5ccccc5)cc3-4)cc21. The van der Waals surface area contributed by atoms with Crippen LogP contribution in [0, 0.1) is 0 Å². The molecular weight excluding hydrogens is 921 g/mol. The lowest BCUT2D eigenvalue weighted by Gasteiger charge is -2.35. The average molecular weight is 979 g/mol. The maximum Gasteiger partial charge on any atom is 0.0708 e. The van der Waals surface area contributed by atoms with Crippen molar-refractivity contribution < 1.29 is 0 Å². The molecule has 11 aromatic rings. The largest absolute Gasteiger partial charge is 0.310 e. The van der Waals surface area contributed by atoms with Gasteiger partial charge in [-0.25, -0.2) is 0 Å². The Bertz CT molecular complexity index is 3740. The third kappa shape index (κ3) is 7.76. The van der Waals surface area contributed by atoms with Crippen molar-refractivity contribution in [3.8, 4) is 22.3 Å². The molecule has 76 heavy (non-hydrogen) atoms. The summed E-state index contributed by atoms with van der Waals surface area (Å²) in [6.07, 6.45) is 0. The second kappa shape index (κ2) is 18.8. The van der Waals surface area contributed by atoms with Crippen LogP contribution in [0.25, 0.3) is 22.3 Å². The molecule has 0 aromatic heterocycles. The monoisotopic (exact) mass is 978 g/mol. The fraction of sp³-hybridized carbons (Fsp3) is 0.0833. The number of nitrogens with zero attached hydrogens (tertiary/aromatic N) is 4. The van der Waals surface area contributed by atoms with Crippen molar-refractivity contribution in [1.82, 2.24) is 0 Å². The molecule has 0 fully saturated rings. The Morgan fingerprint density at radius 3 is 0.987 bits per heavy atom. The van der Waals surface area contributed by atoms with E-state index in [9.17, 15) is 0 Å².